The first kappa shape index (κ1) is 23.8. The van der Waals surface area contributed by atoms with Crippen LogP contribution in [-0.4, -0.2) is 60.0 Å². The van der Waals surface area contributed by atoms with Gasteiger partial charge in [-0.1, -0.05) is 0 Å². The molecule has 1 atom stereocenters. The molecule has 1 amide bonds. The van der Waals surface area contributed by atoms with Gasteiger partial charge in [-0.3, -0.25) is 9.59 Å². The number of esters is 1. The minimum absolute atomic E-state index is 0.0325. The summed E-state index contributed by atoms with van der Waals surface area (Å²) in [7, 11) is 0. The van der Waals surface area contributed by atoms with Crippen molar-refractivity contribution in [2.45, 2.75) is 25.5 Å². The Morgan fingerprint density at radius 3 is 2.32 bits per heavy atom. The van der Waals surface area contributed by atoms with Gasteiger partial charge >= 0.3 is 17.9 Å². The second-order valence-corrected chi connectivity index (χ2v) is 6.95. The maximum absolute atomic E-state index is 12.3. The summed E-state index contributed by atoms with van der Waals surface area (Å²) in [5.74, 6) is -3.99. The zero-order chi connectivity index (χ0) is 24.8. The standard InChI is InChI=1S/C20H19N7O7/c21-15-14-16(27-20(22)26-15)23-7-11(24-14)8-34-19(33)10-3-1-9(2-4-10)17(30)25-12(18(31)32)5-6-13(28)29/h1-4,7,12H,5-6,8H2,(H,25,30)(H,28,29)(H,31,32)(H4,21,22,23,26,27)/t12-/m0/s1. The summed E-state index contributed by atoms with van der Waals surface area (Å²) in [5.41, 5.74) is 12.2. The van der Waals surface area contributed by atoms with Crippen LogP contribution in [-0.2, 0) is 20.9 Å². The molecule has 3 aromatic rings. The third-order valence-electron chi connectivity index (χ3n) is 4.49. The number of rotatable bonds is 9. The van der Waals surface area contributed by atoms with Crippen LogP contribution >= 0.6 is 0 Å². The van der Waals surface area contributed by atoms with E-state index in [1.165, 1.54) is 30.5 Å². The highest BCUT2D eigenvalue weighted by atomic mass is 16.5. The lowest BCUT2D eigenvalue weighted by Gasteiger charge is -2.13. The van der Waals surface area contributed by atoms with Crippen LogP contribution in [0.4, 0.5) is 11.8 Å². The Balaban J connectivity index is 1.61. The fourth-order valence-corrected chi connectivity index (χ4v) is 2.80. The van der Waals surface area contributed by atoms with Gasteiger partial charge in [-0.15, -0.1) is 0 Å². The second-order valence-electron chi connectivity index (χ2n) is 6.95. The SMILES string of the molecule is Nc1nc(N)c2nc(COC(=O)c3ccc(C(=O)N[C@@H](CCC(=O)O)C(=O)O)cc3)cnc2n1. The third-order valence-corrected chi connectivity index (χ3v) is 4.49. The van der Waals surface area contributed by atoms with Gasteiger partial charge in [0.1, 0.15) is 12.6 Å². The molecule has 0 fully saturated rings. The molecule has 0 aliphatic heterocycles. The lowest BCUT2D eigenvalue weighted by Crippen LogP contribution is -2.41. The topological polar surface area (TPSA) is 234 Å². The van der Waals surface area contributed by atoms with Gasteiger partial charge < -0.3 is 31.7 Å². The van der Waals surface area contributed by atoms with Crippen molar-refractivity contribution >= 4 is 46.7 Å². The molecule has 34 heavy (non-hydrogen) atoms. The minimum atomic E-state index is -1.37. The van der Waals surface area contributed by atoms with E-state index in [1.54, 1.807) is 0 Å². The maximum Gasteiger partial charge on any atom is 0.338 e. The number of anilines is 2. The van der Waals surface area contributed by atoms with Gasteiger partial charge in [-0.2, -0.15) is 9.97 Å². The fraction of sp³-hybridized carbons (Fsp3) is 0.200. The summed E-state index contributed by atoms with van der Waals surface area (Å²) in [6.07, 6.45) is 0.652. The van der Waals surface area contributed by atoms with Crippen LogP contribution in [0, 0.1) is 0 Å². The highest BCUT2D eigenvalue weighted by molar-refractivity contribution is 5.98. The van der Waals surface area contributed by atoms with Crippen molar-refractivity contribution in [3.63, 3.8) is 0 Å². The van der Waals surface area contributed by atoms with Gasteiger partial charge in [0.05, 0.1) is 17.5 Å². The van der Waals surface area contributed by atoms with Crippen LogP contribution in [0.2, 0.25) is 0 Å². The smallest absolute Gasteiger partial charge is 0.338 e. The molecule has 0 aliphatic carbocycles. The number of aromatic nitrogens is 4. The Bertz CT molecular complexity index is 1260. The molecule has 0 bridgehead atoms. The number of hydrogen-bond donors (Lipinski definition) is 5. The number of nitrogens with zero attached hydrogens (tertiary/aromatic N) is 4. The Kier molecular flexibility index (Phi) is 7.10. The number of ether oxygens (including phenoxy) is 1. The number of nitrogen functional groups attached to an aromatic ring is 2. The van der Waals surface area contributed by atoms with Gasteiger partial charge in [0, 0.05) is 12.0 Å². The number of nitrogens with one attached hydrogen (secondary N) is 1. The number of carboxylic acids is 2. The van der Waals surface area contributed by atoms with Gasteiger partial charge in [0.25, 0.3) is 5.91 Å². The molecular weight excluding hydrogens is 450 g/mol. The summed E-state index contributed by atoms with van der Waals surface area (Å²) in [6.45, 7) is -0.225. The molecule has 176 valence electrons. The first-order valence-corrected chi connectivity index (χ1v) is 9.71. The zero-order valence-electron chi connectivity index (χ0n) is 17.5. The maximum atomic E-state index is 12.3. The summed E-state index contributed by atoms with van der Waals surface area (Å²) in [4.78, 5) is 62.4. The molecule has 7 N–H and O–H groups in total. The van der Waals surface area contributed by atoms with Crippen LogP contribution in [0.15, 0.2) is 30.5 Å². The average molecular weight is 469 g/mol. The number of hydrogen-bond acceptors (Lipinski definition) is 11. The number of aliphatic carboxylic acids is 2. The minimum Gasteiger partial charge on any atom is -0.481 e. The largest absolute Gasteiger partial charge is 0.481 e. The lowest BCUT2D eigenvalue weighted by atomic mass is 10.1. The molecule has 0 spiro atoms. The van der Waals surface area contributed by atoms with Crippen molar-refractivity contribution < 1.29 is 34.1 Å². The molecule has 1 aromatic carbocycles. The molecule has 0 saturated heterocycles. The molecule has 0 saturated carbocycles. The van der Waals surface area contributed by atoms with E-state index in [1.807, 2.05) is 0 Å². The van der Waals surface area contributed by atoms with E-state index < -0.39 is 36.3 Å². The number of carbonyl (C=O) groups excluding carboxylic acids is 2. The van der Waals surface area contributed by atoms with Crippen LogP contribution in [0.3, 0.4) is 0 Å². The van der Waals surface area contributed by atoms with Gasteiger partial charge in [-0.05, 0) is 30.7 Å². The van der Waals surface area contributed by atoms with Gasteiger partial charge in [-0.25, -0.2) is 19.6 Å². The highest BCUT2D eigenvalue weighted by Crippen LogP contribution is 2.15. The third kappa shape index (κ3) is 5.87. The lowest BCUT2D eigenvalue weighted by molar-refractivity contribution is -0.140. The Morgan fingerprint density at radius 2 is 1.68 bits per heavy atom. The number of carboxylic acid groups (broad SMARTS) is 2. The van der Waals surface area contributed by atoms with E-state index in [9.17, 15) is 19.2 Å². The predicted molar refractivity (Wildman–Crippen MR) is 115 cm³/mol. The quantitative estimate of drug-likeness (QED) is 0.260. The van der Waals surface area contributed by atoms with E-state index in [4.69, 9.17) is 26.4 Å². The van der Waals surface area contributed by atoms with Gasteiger partial charge in [0.15, 0.2) is 17.0 Å². The summed E-state index contributed by atoms with van der Waals surface area (Å²) in [5, 5.41) is 20.1. The van der Waals surface area contributed by atoms with Crippen LogP contribution < -0.4 is 16.8 Å². The average Bonchev–Trinajstić information content (AvgIpc) is 2.79. The van der Waals surface area contributed by atoms with E-state index in [-0.39, 0.29) is 52.8 Å². The van der Waals surface area contributed by atoms with Crippen molar-refractivity contribution in [2.75, 3.05) is 11.5 Å². The summed E-state index contributed by atoms with van der Waals surface area (Å²) in [6, 6.07) is 3.89. The number of carbonyl (C=O) groups is 4. The summed E-state index contributed by atoms with van der Waals surface area (Å²) < 4.78 is 5.20. The van der Waals surface area contributed by atoms with E-state index in [0.717, 1.165) is 0 Å². The Morgan fingerprint density at radius 1 is 1.00 bits per heavy atom. The predicted octanol–water partition coefficient (Wildman–Crippen LogP) is -0.0110. The van der Waals surface area contributed by atoms with Crippen LogP contribution in [0.1, 0.15) is 39.3 Å². The molecule has 0 radical (unpaired) electrons. The molecule has 3 rings (SSSR count). The number of benzene rings is 1. The monoisotopic (exact) mass is 469 g/mol. The molecule has 0 unspecified atom stereocenters. The van der Waals surface area contributed by atoms with Crippen molar-refractivity contribution in [3.05, 3.63) is 47.3 Å². The molecule has 14 nitrogen and oxygen atoms in total. The Hall–Kier alpha value is -4.88. The van der Waals surface area contributed by atoms with Gasteiger partial charge in [0.2, 0.25) is 5.95 Å². The zero-order valence-corrected chi connectivity index (χ0v) is 17.5. The van der Waals surface area contributed by atoms with Crippen molar-refractivity contribution in [1.29, 1.82) is 0 Å². The molecule has 2 heterocycles. The number of fused-ring (bicyclic) bond motifs is 1. The fourth-order valence-electron chi connectivity index (χ4n) is 2.80. The van der Waals surface area contributed by atoms with Crippen molar-refractivity contribution in [2.24, 2.45) is 0 Å². The first-order valence-electron chi connectivity index (χ1n) is 9.71. The van der Waals surface area contributed by atoms with Crippen molar-refractivity contribution in [3.8, 4) is 0 Å². The van der Waals surface area contributed by atoms with Crippen LogP contribution in [0.25, 0.3) is 11.2 Å². The van der Waals surface area contributed by atoms with E-state index in [2.05, 4.69) is 25.3 Å². The highest BCUT2D eigenvalue weighted by Gasteiger charge is 2.22. The van der Waals surface area contributed by atoms with E-state index in [0.29, 0.717) is 0 Å². The molecule has 14 heteroatoms. The van der Waals surface area contributed by atoms with E-state index >= 15 is 0 Å². The normalized spacial score (nSPS) is 11.5. The summed E-state index contributed by atoms with van der Waals surface area (Å²) >= 11 is 0. The number of nitrogens with two attached hydrogens (primary N) is 2. The van der Waals surface area contributed by atoms with Crippen LogP contribution in [0.5, 0.6) is 0 Å². The second kappa shape index (κ2) is 10.2. The molecule has 2 aromatic heterocycles. The first-order chi connectivity index (χ1) is 16.1. The molecule has 0 aliphatic rings. The molecular formula is C20H19N7O7. The van der Waals surface area contributed by atoms with Crippen molar-refractivity contribution in [1.82, 2.24) is 25.3 Å². The number of amides is 1. The Labute approximate surface area is 191 Å².